The third-order valence-corrected chi connectivity index (χ3v) is 5.48. The highest BCUT2D eigenvalue weighted by Crippen LogP contribution is 2.33. The second kappa shape index (κ2) is 7.26. The number of rotatable bonds is 7. The van der Waals surface area contributed by atoms with E-state index >= 15 is 0 Å². The first-order valence-electron chi connectivity index (χ1n) is 6.00. The zero-order chi connectivity index (χ0) is 15.3. The van der Waals surface area contributed by atoms with Crippen LogP contribution in [0.25, 0.3) is 0 Å². The van der Waals surface area contributed by atoms with Crippen molar-refractivity contribution in [3.05, 3.63) is 16.6 Å². The van der Waals surface area contributed by atoms with Crippen LogP contribution >= 0.6 is 15.9 Å². The maximum absolute atomic E-state index is 12.6. The molecule has 20 heavy (non-hydrogen) atoms. The first-order valence-corrected chi connectivity index (χ1v) is 8.23. The van der Waals surface area contributed by atoms with Crippen molar-refractivity contribution in [1.82, 2.24) is 4.31 Å². The molecule has 0 unspecified atom stereocenters. The van der Waals surface area contributed by atoms with E-state index in [1.165, 1.54) is 24.6 Å². The Kier molecular flexibility index (Phi) is 6.25. The fourth-order valence-electron chi connectivity index (χ4n) is 1.69. The van der Waals surface area contributed by atoms with Crippen molar-refractivity contribution in [3.63, 3.8) is 0 Å². The molecule has 0 amide bonds. The van der Waals surface area contributed by atoms with Crippen molar-refractivity contribution in [3.8, 4) is 5.75 Å². The largest absolute Gasteiger partial charge is 0.495 e. The molecule has 0 saturated heterocycles. The molecule has 0 heterocycles. The van der Waals surface area contributed by atoms with E-state index in [0.717, 1.165) is 0 Å². The number of sulfonamides is 1. The molecule has 2 N–H and O–H groups in total. The minimum atomic E-state index is -3.68. The number of benzene rings is 1. The molecule has 0 fully saturated rings. The van der Waals surface area contributed by atoms with Crippen LogP contribution < -0.4 is 10.5 Å². The quantitative estimate of drug-likeness (QED) is 0.742. The molecular weight excluding hydrogens is 348 g/mol. The lowest BCUT2D eigenvalue weighted by Crippen LogP contribution is -2.34. The van der Waals surface area contributed by atoms with Crippen LogP contribution in [0.3, 0.4) is 0 Å². The van der Waals surface area contributed by atoms with Crippen molar-refractivity contribution in [1.29, 1.82) is 0 Å². The van der Waals surface area contributed by atoms with Gasteiger partial charge in [-0.1, -0.05) is 6.92 Å². The summed E-state index contributed by atoms with van der Waals surface area (Å²) in [6.07, 6.45) is 0. The smallest absolute Gasteiger partial charge is 0.246 e. The number of anilines is 1. The van der Waals surface area contributed by atoms with Crippen LogP contribution in [0.2, 0.25) is 0 Å². The molecule has 0 radical (unpaired) electrons. The number of methoxy groups -OCH3 is 2. The van der Waals surface area contributed by atoms with Crippen LogP contribution in [0.5, 0.6) is 5.75 Å². The summed E-state index contributed by atoms with van der Waals surface area (Å²) in [6, 6.07) is 2.94. The van der Waals surface area contributed by atoms with Crippen molar-refractivity contribution in [2.45, 2.75) is 11.8 Å². The van der Waals surface area contributed by atoms with Gasteiger partial charge in [0, 0.05) is 30.4 Å². The Balaban J connectivity index is 3.29. The lowest BCUT2D eigenvalue weighted by molar-refractivity contribution is 0.180. The first kappa shape index (κ1) is 17.2. The Morgan fingerprint density at radius 2 is 2.00 bits per heavy atom. The third kappa shape index (κ3) is 3.63. The maximum atomic E-state index is 12.6. The Hall–Kier alpha value is -0.830. The molecule has 1 aromatic carbocycles. The minimum Gasteiger partial charge on any atom is -0.495 e. The average Bonchev–Trinajstić information content (AvgIpc) is 2.41. The fraction of sp³-hybridized carbons (Fsp3) is 0.500. The average molecular weight is 367 g/mol. The van der Waals surface area contributed by atoms with Gasteiger partial charge in [-0.25, -0.2) is 8.42 Å². The minimum absolute atomic E-state index is 0.0543. The highest BCUT2D eigenvalue weighted by Gasteiger charge is 2.27. The van der Waals surface area contributed by atoms with E-state index in [0.29, 0.717) is 23.3 Å². The van der Waals surface area contributed by atoms with Gasteiger partial charge in [-0.2, -0.15) is 4.31 Å². The van der Waals surface area contributed by atoms with E-state index in [1.54, 1.807) is 13.0 Å². The Morgan fingerprint density at radius 1 is 1.35 bits per heavy atom. The second-order valence-corrected chi connectivity index (χ2v) is 6.77. The first-order chi connectivity index (χ1) is 9.38. The van der Waals surface area contributed by atoms with Gasteiger partial charge in [0.25, 0.3) is 0 Å². The summed E-state index contributed by atoms with van der Waals surface area (Å²) in [7, 11) is -0.732. The number of halogens is 1. The molecule has 0 aliphatic rings. The summed E-state index contributed by atoms with van der Waals surface area (Å²) >= 11 is 3.25. The molecular formula is C12H19BrN2O4S. The monoisotopic (exact) mass is 366 g/mol. The lowest BCUT2D eigenvalue weighted by Gasteiger charge is -2.21. The zero-order valence-corrected chi connectivity index (χ0v) is 14.1. The van der Waals surface area contributed by atoms with E-state index in [9.17, 15) is 8.42 Å². The molecule has 0 saturated carbocycles. The van der Waals surface area contributed by atoms with Crippen LogP contribution in [0.15, 0.2) is 21.5 Å². The summed E-state index contributed by atoms with van der Waals surface area (Å²) < 4.78 is 37.3. The third-order valence-electron chi connectivity index (χ3n) is 2.80. The number of hydrogen-bond acceptors (Lipinski definition) is 5. The van der Waals surface area contributed by atoms with Crippen LogP contribution in [-0.2, 0) is 14.8 Å². The van der Waals surface area contributed by atoms with E-state index in [-0.39, 0.29) is 17.2 Å². The molecule has 0 aliphatic carbocycles. The molecule has 1 rings (SSSR count). The number of nitrogens with zero attached hydrogens (tertiary/aromatic N) is 1. The Bertz CT molecular complexity index is 563. The molecule has 1 aromatic rings. The van der Waals surface area contributed by atoms with Gasteiger partial charge >= 0.3 is 0 Å². The van der Waals surface area contributed by atoms with Gasteiger partial charge in [0.15, 0.2) is 0 Å². The highest BCUT2D eigenvalue weighted by molar-refractivity contribution is 9.10. The topological polar surface area (TPSA) is 81.9 Å². The van der Waals surface area contributed by atoms with Gasteiger partial charge in [0.05, 0.1) is 13.7 Å². The van der Waals surface area contributed by atoms with E-state index in [4.69, 9.17) is 15.2 Å². The summed E-state index contributed by atoms with van der Waals surface area (Å²) in [5, 5.41) is 0. The van der Waals surface area contributed by atoms with Gasteiger partial charge in [-0.3, -0.25) is 0 Å². The normalized spacial score (nSPS) is 11.8. The van der Waals surface area contributed by atoms with E-state index < -0.39 is 10.0 Å². The molecule has 0 atom stereocenters. The van der Waals surface area contributed by atoms with Gasteiger partial charge < -0.3 is 15.2 Å². The number of hydrogen-bond donors (Lipinski definition) is 1. The number of likely N-dealkylation sites (N-methyl/N-ethyl adjacent to an activating group) is 1. The molecule has 6 nitrogen and oxygen atoms in total. The van der Waals surface area contributed by atoms with Crippen molar-refractivity contribution in [2.24, 2.45) is 0 Å². The van der Waals surface area contributed by atoms with Crippen LogP contribution in [-0.4, -0.2) is 46.6 Å². The lowest BCUT2D eigenvalue weighted by atomic mass is 10.3. The van der Waals surface area contributed by atoms with Crippen LogP contribution in [0.1, 0.15) is 6.92 Å². The summed E-state index contributed by atoms with van der Waals surface area (Å²) in [5.41, 5.74) is 6.11. The summed E-state index contributed by atoms with van der Waals surface area (Å²) in [4.78, 5) is 0.0543. The zero-order valence-electron chi connectivity index (χ0n) is 11.7. The SMILES string of the molecule is CCN(CCOC)S(=O)(=O)c1cc(N)c(Br)cc1OC. The molecule has 0 aliphatic heterocycles. The molecule has 0 aromatic heterocycles. The second-order valence-electron chi connectivity index (χ2n) is 4.01. The van der Waals surface area contributed by atoms with Gasteiger partial charge in [0.2, 0.25) is 10.0 Å². The van der Waals surface area contributed by atoms with E-state index in [1.807, 2.05) is 0 Å². The molecule has 114 valence electrons. The summed E-state index contributed by atoms with van der Waals surface area (Å²) in [5.74, 6) is 0.252. The standard InChI is InChI=1S/C12H19BrN2O4S/c1-4-15(5-6-18-2)20(16,17)12-8-10(14)9(13)7-11(12)19-3/h7-8H,4-6,14H2,1-3H3. The van der Waals surface area contributed by atoms with Gasteiger partial charge in [-0.15, -0.1) is 0 Å². The number of nitrogen functional groups attached to an aromatic ring is 1. The predicted molar refractivity (Wildman–Crippen MR) is 81.4 cm³/mol. The van der Waals surface area contributed by atoms with Crippen molar-refractivity contribution < 1.29 is 17.9 Å². The summed E-state index contributed by atoms with van der Waals surface area (Å²) in [6.45, 7) is 2.70. The van der Waals surface area contributed by atoms with E-state index in [2.05, 4.69) is 15.9 Å². The molecule has 8 heteroatoms. The Morgan fingerprint density at radius 3 is 2.50 bits per heavy atom. The maximum Gasteiger partial charge on any atom is 0.246 e. The molecule has 0 bridgehead atoms. The fourth-order valence-corrected chi connectivity index (χ4v) is 3.62. The number of ether oxygens (including phenoxy) is 2. The van der Waals surface area contributed by atoms with Gasteiger partial charge in [-0.05, 0) is 28.1 Å². The van der Waals surface area contributed by atoms with Crippen LogP contribution in [0, 0.1) is 0 Å². The van der Waals surface area contributed by atoms with Gasteiger partial charge in [0.1, 0.15) is 10.6 Å². The van der Waals surface area contributed by atoms with Crippen molar-refractivity contribution in [2.75, 3.05) is 39.6 Å². The predicted octanol–water partition coefficient (Wildman–Crippen LogP) is 1.70. The van der Waals surface area contributed by atoms with Crippen molar-refractivity contribution >= 4 is 31.6 Å². The molecule has 0 spiro atoms. The van der Waals surface area contributed by atoms with Crippen LogP contribution in [0.4, 0.5) is 5.69 Å². The highest BCUT2D eigenvalue weighted by atomic mass is 79.9. The number of nitrogens with two attached hydrogens (primary N) is 1. The Labute approximate surface area is 128 Å².